The van der Waals surface area contributed by atoms with Gasteiger partial charge < -0.3 is 10.1 Å². The van der Waals surface area contributed by atoms with Crippen molar-refractivity contribution in [3.8, 4) is 0 Å². The second kappa shape index (κ2) is 6.21. The third-order valence-corrected chi connectivity index (χ3v) is 2.75. The zero-order chi connectivity index (χ0) is 11.9. The van der Waals surface area contributed by atoms with E-state index >= 15 is 0 Å². The van der Waals surface area contributed by atoms with E-state index in [1.165, 1.54) is 0 Å². The van der Waals surface area contributed by atoms with Crippen molar-refractivity contribution in [1.82, 2.24) is 5.32 Å². The molecule has 17 heavy (non-hydrogen) atoms. The van der Waals surface area contributed by atoms with Crippen molar-refractivity contribution in [2.24, 2.45) is 0 Å². The van der Waals surface area contributed by atoms with Gasteiger partial charge >= 0.3 is 0 Å². The minimum atomic E-state index is -0.0654. The van der Waals surface area contributed by atoms with Crippen molar-refractivity contribution in [2.45, 2.75) is 18.9 Å². The molecule has 0 aromatic heterocycles. The number of rotatable bonds is 4. The second-order valence-electron chi connectivity index (χ2n) is 4.12. The number of hydrogen-bond acceptors (Lipinski definition) is 2. The Morgan fingerprint density at radius 3 is 2.94 bits per heavy atom. The molecule has 0 spiro atoms. The summed E-state index contributed by atoms with van der Waals surface area (Å²) in [6, 6.07) is 9.77. The van der Waals surface area contributed by atoms with Crippen molar-refractivity contribution in [1.29, 1.82) is 0 Å². The van der Waals surface area contributed by atoms with E-state index in [9.17, 15) is 4.79 Å². The summed E-state index contributed by atoms with van der Waals surface area (Å²) in [4.78, 5) is 11.5. The number of benzene rings is 1. The number of carbonyl (C=O) groups excluding carboxylic acids is 1. The van der Waals surface area contributed by atoms with E-state index in [0.29, 0.717) is 6.54 Å². The maximum atomic E-state index is 11.5. The van der Waals surface area contributed by atoms with E-state index in [2.05, 4.69) is 5.32 Å². The lowest BCUT2D eigenvalue weighted by Gasteiger charge is -2.08. The first-order valence-corrected chi connectivity index (χ1v) is 5.97. The molecule has 1 aromatic rings. The summed E-state index contributed by atoms with van der Waals surface area (Å²) in [7, 11) is 0. The molecular formula is C14H17NO2. The highest BCUT2D eigenvalue weighted by Gasteiger charge is 2.15. The Kier molecular flexibility index (Phi) is 4.33. The Morgan fingerprint density at radius 1 is 1.41 bits per heavy atom. The number of ether oxygens (including phenoxy) is 1. The highest BCUT2D eigenvalue weighted by Crippen LogP contribution is 2.10. The minimum Gasteiger partial charge on any atom is -0.376 e. The van der Waals surface area contributed by atoms with Crippen molar-refractivity contribution >= 4 is 12.0 Å². The van der Waals surface area contributed by atoms with Gasteiger partial charge in [-0.3, -0.25) is 4.79 Å². The molecule has 0 unspecified atom stereocenters. The fraction of sp³-hybridized carbons (Fsp3) is 0.357. The molecule has 0 bridgehead atoms. The molecular weight excluding hydrogens is 214 g/mol. The SMILES string of the molecule is O=C(/C=C\c1ccccc1)NC[C@@H]1CCCO1. The van der Waals surface area contributed by atoms with Gasteiger partial charge in [0.25, 0.3) is 0 Å². The average molecular weight is 231 g/mol. The quantitative estimate of drug-likeness (QED) is 0.805. The Balaban J connectivity index is 1.75. The molecule has 2 rings (SSSR count). The van der Waals surface area contributed by atoms with Gasteiger partial charge in [-0.15, -0.1) is 0 Å². The highest BCUT2D eigenvalue weighted by atomic mass is 16.5. The summed E-state index contributed by atoms with van der Waals surface area (Å²) in [6.45, 7) is 1.43. The standard InChI is InChI=1S/C14H17NO2/c16-14(15-11-13-7-4-10-17-13)9-8-12-5-2-1-3-6-12/h1-3,5-6,8-9,13H,4,7,10-11H2,(H,15,16)/b9-8-/t13-/m0/s1. The molecule has 0 aliphatic carbocycles. The monoisotopic (exact) mass is 231 g/mol. The molecule has 1 N–H and O–H groups in total. The zero-order valence-corrected chi connectivity index (χ0v) is 9.76. The third-order valence-electron chi connectivity index (χ3n) is 2.75. The van der Waals surface area contributed by atoms with E-state index in [1.807, 2.05) is 36.4 Å². The van der Waals surface area contributed by atoms with Gasteiger partial charge in [0.1, 0.15) is 0 Å². The largest absolute Gasteiger partial charge is 0.376 e. The smallest absolute Gasteiger partial charge is 0.244 e. The van der Waals surface area contributed by atoms with Crippen LogP contribution in [0, 0.1) is 0 Å². The molecule has 1 aliphatic rings. The Bertz CT molecular complexity index is 380. The van der Waals surface area contributed by atoms with Crippen LogP contribution in [0.5, 0.6) is 0 Å². The third kappa shape index (κ3) is 4.04. The van der Waals surface area contributed by atoms with Gasteiger partial charge in [0.15, 0.2) is 0 Å². The van der Waals surface area contributed by atoms with Crippen molar-refractivity contribution in [2.75, 3.05) is 13.2 Å². The molecule has 1 fully saturated rings. The Morgan fingerprint density at radius 2 is 2.24 bits per heavy atom. The van der Waals surface area contributed by atoms with Crippen LogP contribution in [0.3, 0.4) is 0 Å². The summed E-state index contributed by atoms with van der Waals surface area (Å²) in [5.74, 6) is -0.0654. The molecule has 3 heteroatoms. The van der Waals surface area contributed by atoms with Crippen LogP contribution in [0.15, 0.2) is 36.4 Å². The maximum Gasteiger partial charge on any atom is 0.244 e. The van der Waals surface area contributed by atoms with Gasteiger partial charge in [0, 0.05) is 19.2 Å². The molecule has 1 aliphatic heterocycles. The highest BCUT2D eigenvalue weighted by molar-refractivity contribution is 5.91. The lowest BCUT2D eigenvalue weighted by Crippen LogP contribution is -2.30. The fourth-order valence-corrected chi connectivity index (χ4v) is 1.81. The number of hydrogen-bond donors (Lipinski definition) is 1. The first kappa shape index (κ1) is 11.9. The summed E-state index contributed by atoms with van der Waals surface area (Å²) < 4.78 is 5.43. The topological polar surface area (TPSA) is 38.3 Å². The predicted molar refractivity (Wildman–Crippen MR) is 67.5 cm³/mol. The molecule has 1 amide bonds. The van der Waals surface area contributed by atoms with Crippen LogP contribution < -0.4 is 5.32 Å². The summed E-state index contributed by atoms with van der Waals surface area (Å²) in [5.41, 5.74) is 1.03. The van der Waals surface area contributed by atoms with E-state index in [1.54, 1.807) is 6.08 Å². The lowest BCUT2D eigenvalue weighted by atomic mass is 10.2. The fourth-order valence-electron chi connectivity index (χ4n) is 1.81. The van der Waals surface area contributed by atoms with Gasteiger partial charge in [0.2, 0.25) is 5.91 Å². The normalized spacial score (nSPS) is 19.6. The maximum absolute atomic E-state index is 11.5. The summed E-state index contributed by atoms with van der Waals surface area (Å²) in [6.07, 6.45) is 5.71. The second-order valence-corrected chi connectivity index (χ2v) is 4.12. The lowest BCUT2D eigenvalue weighted by molar-refractivity contribution is -0.116. The summed E-state index contributed by atoms with van der Waals surface area (Å²) >= 11 is 0. The summed E-state index contributed by atoms with van der Waals surface area (Å²) in [5, 5.41) is 2.84. The van der Waals surface area contributed by atoms with E-state index < -0.39 is 0 Å². The van der Waals surface area contributed by atoms with Gasteiger partial charge in [0.05, 0.1) is 6.10 Å². The molecule has 1 heterocycles. The van der Waals surface area contributed by atoms with Gasteiger partial charge in [-0.25, -0.2) is 0 Å². The first-order valence-electron chi connectivity index (χ1n) is 5.97. The Hall–Kier alpha value is -1.61. The van der Waals surface area contributed by atoms with Gasteiger partial charge in [-0.05, 0) is 24.5 Å². The zero-order valence-electron chi connectivity index (χ0n) is 9.76. The minimum absolute atomic E-state index is 0.0654. The Labute approximate surface area is 101 Å². The molecule has 90 valence electrons. The van der Waals surface area contributed by atoms with Crippen LogP contribution in [0.2, 0.25) is 0 Å². The van der Waals surface area contributed by atoms with Gasteiger partial charge in [-0.2, -0.15) is 0 Å². The molecule has 1 aromatic carbocycles. The van der Waals surface area contributed by atoms with Crippen LogP contribution in [0.4, 0.5) is 0 Å². The average Bonchev–Trinajstić information content (AvgIpc) is 2.88. The van der Waals surface area contributed by atoms with Crippen LogP contribution in [-0.4, -0.2) is 25.2 Å². The molecule has 3 nitrogen and oxygen atoms in total. The van der Waals surface area contributed by atoms with Crippen LogP contribution in [0.1, 0.15) is 18.4 Å². The molecule has 0 radical (unpaired) electrons. The number of carbonyl (C=O) groups is 1. The number of nitrogens with one attached hydrogen (secondary N) is 1. The van der Waals surface area contributed by atoms with E-state index in [0.717, 1.165) is 25.0 Å². The number of amides is 1. The molecule has 0 saturated carbocycles. The van der Waals surface area contributed by atoms with Crippen LogP contribution in [-0.2, 0) is 9.53 Å². The van der Waals surface area contributed by atoms with Crippen molar-refractivity contribution < 1.29 is 9.53 Å². The van der Waals surface area contributed by atoms with E-state index in [4.69, 9.17) is 4.74 Å². The predicted octanol–water partition coefficient (Wildman–Crippen LogP) is 2.00. The van der Waals surface area contributed by atoms with Crippen molar-refractivity contribution in [3.05, 3.63) is 42.0 Å². The van der Waals surface area contributed by atoms with Crippen LogP contribution >= 0.6 is 0 Å². The molecule has 1 saturated heterocycles. The van der Waals surface area contributed by atoms with Crippen molar-refractivity contribution in [3.63, 3.8) is 0 Å². The first-order chi connectivity index (χ1) is 8.34. The molecule has 1 atom stereocenters. The van der Waals surface area contributed by atoms with Gasteiger partial charge in [-0.1, -0.05) is 30.3 Å². The van der Waals surface area contributed by atoms with Crippen LogP contribution in [0.25, 0.3) is 6.08 Å². The van der Waals surface area contributed by atoms with E-state index in [-0.39, 0.29) is 12.0 Å².